The van der Waals surface area contributed by atoms with Crippen molar-refractivity contribution in [1.29, 1.82) is 0 Å². The zero-order chi connectivity index (χ0) is 14.6. The van der Waals surface area contributed by atoms with Gasteiger partial charge in [-0.25, -0.2) is 0 Å². The molecule has 0 radical (unpaired) electrons. The molecule has 2 aliphatic rings. The van der Waals surface area contributed by atoms with E-state index < -0.39 is 0 Å². The maximum absolute atomic E-state index is 4.83. The van der Waals surface area contributed by atoms with Gasteiger partial charge in [0.1, 0.15) is 0 Å². The van der Waals surface area contributed by atoms with Crippen LogP contribution in [-0.2, 0) is 0 Å². The molecule has 2 rings (SSSR count). The monoisotopic (exact) mass is 296 g/mol. The first-order chi connectivity index (χ1) is 9.45. The first-order valence-electron chi connectivity index (χ1n) is 8.39. The molecule has 3 atom stereocenters. The molecule has 3 unspecified atom stereocenters. The summed E-state index contributed by atoms with van der Waals surface area (Å²) in [6.07, 6.45) is 8.28. The number of hydrogen-bond donors (Lipinski definition) is 1. The summed E-state index contributed by atoms with van der Waals surface area (Å²) in [5, 5.41) is 4.85. The first kappa shape index (κ1) is 16.2. The fourth-order valence-corrected chi connectivity index (χ4v) is 4.40. The molecule has 0 aromatic heterocycles. The van der Waals surface area contributed by atoms with Gasteiger partial charge in [0.15, 0.2) is 5.17 Å². The molecular weight excluding hydrogens is 264 g/mol. The van der Waals surface area contributed by atoms with Crippen molar-refractivity contribution in [2.45, 2.75) is 72.3 Å². The number of thioether (sulfide) groups is 1. The quantitative estimate of drug-likeness (QED) is 0.816. The Hall–Kier alpha value is -0.180. The van der Waals surface area contributed by atoms with Crippen molar-refractivity contribution in [2.75, 3.05) is 12.3 Å². The molecule has 1 aliphatic carbocycles. The molecule has 1 saturated carbocycles. The molecule has 0 spiro atoms. The minimum Gasteiger partial charge on any atom is -0.362 e. The van der Waals surface area contributed by atoms with Crippen LogP contribution in [0.3, 0.4) is 0 Å². The number of nitrogens with zero attached hydrogens (tertiary/aromatic N) is 1. The lowest BCUT2D eigenvalue weighted by Crippen LogP contribution is -2.46. The third-order valence-electron chi connectivity index (χ3n) is 4.83. The third kappa shape index (κ3) is 4.98. The van der Waals surface area contributed by atoms with Crippen LogP contribution in [0.1, 0.15) is 66.2 Å². The van der Waals surface area contributed by atoms with E-state index in [1.54, 1.807) is 0 Å². The van der Waals surface area contributed by atoms with Crippen molar-refractivity contribution in [3.8, 4) is 0 Å². The van der Waals surface area contributed by atoms with Gasteiger partial charge in [-0.2, -0.15) is 0 Å². The summed E-state index contributed by atoms with van der Waals surface area (Å²) in [4.78, 5) is 4.83. The highest BCUT2D eigenvalue weighted by Gasteiger charge is 2.28. The Morgan fingerprint density at radius 1 is 1.25 bits per heavy atom. The highest BCUT2D eigenvalue weighted by molar-refractivity contribution is 8.13. The van der Waals surface area contributed by atoms with Gasteiger partial charge in [-0.15, -0.1) is 0 Å². The molecule has 0 aromatic rings. The van der Waals surface area contributed by atoms with Crippen LogP contribution >= 0.6 is 11.8 Å². The molecule has 3 heteroatoms. The van der Waals surface area contributed by atoms with E-state index in [1.165, 1.54) is 49.4 Å². The minimum atomic E-state index is 0.334. The van der Waals surface area contributed by atoms with Crippen molar-refractivity contribution < 1.29 is 0 Å². The van der Waals surface area contributed by atoms with Crippen LogP contribution in [0.5, 0.6) is 0 Å². The van der Waals surface area contributed by atoms with E-state index in [0.29, 0.717) is 11.5 Å². The van der Waals surface area contributed by atoms with E-state index >= 15 is 0 Å². The SMILES string of the molecule is CC1CCCC(CCN=C2NC(C(C)(C)C)CCS2)C1. The topological polar surface area (TPSA) is 24.4 Å². The highest BCUT2D eigenvalue weighted by atomic mass is 32.2. The molecule has 20 heavy (non-hydrogen) atoms. The van der Waals surface area contributed by atoms with Gasteiger partial charge in [0.05, 0.1) is 0 Å². The van der Waals surface area contributed by atoms with Crippen LogP contribution in [0.15, 0.2) is 4.99 Å². The largest absolute Gasteiger partial charge is 0.362 e. The van der Waals surface area contributed by atoms with Crippen LogP contribution in [0.4, 0.5) is 0 Å². The average molecular weight is 297 g/mol. The van der Waals surface area contributed by atoms with Gasteiger partial charge in [-0.3, -0.25) is 4.99 Å². The average Bonchev–Trinajstić information content (AvgIpc) is 2.38. The van der Waals surface area contributed by atoms with Gasteiger partial charge >= 0.3 is 0 Å². The standard InChI is InChI=1S/C17H32N2S/c1-13-6-5-7-14(12-13)8-10-18-16-19-15(9-11-20-16)17(2,3)4/h13-15H,5-12H2,1-4H3,(H,18,19). The molecule has 1 aliphatic heterocycles. The summed E-state index contributed by atoms with van der Waals surface area (Å²) in [6, 6.07) is 0.581. The summed E-state index contributed by atoms with van der Waals surface area (Å²) in [6.45, 7) is 10.4. The molecule has 116 valence electrons. The number of hydrogen-bond acceptors (Lipinski definition) is 2. The van der Waals surface area contributed by atoms with Crippen molar-refractivity contribution in [3.63, 3.8) is 0 Å². The van der Waals surface area contributed by atoms with Gasteiger partial charge in [-0.05, 0) is 36.5 Å². The van der Waals surface area contributed by atoms with E-state index in [2.05, 4.69) is 33.0 Å². The molecular formula is C17H32N2S. The molecule has 0 amide bonds. The lowest BCUT2D eigenvalue weighted by molar-refractivity contribution is 0.272. The normalized spacial score (nSPS) is 34.0. The summed E-state index contributed by atoms with van der Waals surface area (Å²) in [7, 11) is 0. The lowest BCUT2D eigenvalue weighted by Gasteiger charge is -2.35. The Bertz CT molecular complexity index is 332. The number of nitrogens with one attached hydrogen (secondary N) is 1. The molecule has 0 aromatic carbocycles. The van der Waals surface area contributed by atoms with Gasteiger partial charge < -0.3 is 5.32 Å². The van der Waals surface area contributed by atoms with Crippen molar-refractivity contribution in [3.05, 3.63) is 0 Å². The van der Waals surface area contributed by atoms with Crippen LogP contribution < -0.4 is 5.32 Å². The predicted octanol–water partition coefficient (Wildman–Crippen LogP) is 4.70. The van der Waals surface area contributed by atoms with Gasteiger partial charge in [-0.1, -0.05) is 58.7 Å². The Kier molecular flexibility index (Phi) is 5.83. The predicted molar refractivity (Wildman–Crippen MR) is 91.5 cm³/mol. The molecule has 1 heterocycles. The lowest BCUT2D eigenvalue weighted by atomic mass is 9.81. The maximum Gasteiger partial charge on any atom is 0.156 e. The van der Waals surface area contributed by atoms with Crippen molar-refractivity contribution >= 4 is 16.9 Å². The fourth-order valence-electron chi connectivity index (χ4n) is 3.45. The van der Waals surface area contributed by atoms with E-state index in [-0.39, 0.29) is 0 Å². The van der Waals surface area contributed by atoms with Crippen LogP contribution in [-0.4, -0.2) is 23.5 Å². The summed E-state index contributed by atoms with van der Waals surface area (Å²) in [5.41, 5.74) is 0.334. The molecule has 1 saturated heterocycles. The second-order valence-corrected chi connectivity index (χ2v) is 8.90. The van der Waals surface area contributed by atoms with Gasteiger partial charge in [0.25, 0.3) is 0 Å². The molecule has 1 N–H and O–H groups in total. The molecule has 2 fully saturated rings. The highest BCUT2D eigenvalue weighted by Crippen LogP contribution is 2.31. The Labute approximate surface area is 129 Å². The van der Waals surface area contributed by atoms with E-state index in [1.807, 2.05) is 11.8 Å². The van der Waals surface area contributed by atoms with Crippen LogP contribution in [0, 0.1) is 17.3 Å². The second-order valence-electron chi connectivity index (χ2n) is 7.81. The van der Waals surface area contributed by atoms with Crippen molar-refractivity contribution in [2.24, 2.45) is 22.2 Å². The Morgan fingerprint density at radius 2 is 2.05 bits per heavy atom. The van der Waals surface area contributed by atoms with Gasteiger partial charge in [0.2, 0.25) is 0 Å². The number of rotatable bonds is 3. The van der Waals surface area contributed by atoms with E-state index in [9.17, 15) is 0 Å². The van der Waals surface area contributed by atoms with E-state index in [0.717, 1.165) is 18.4 Å². The smallest absolute Gasteiger partial charge is 0.156 e. The van der Waals surface area contributed by atoms with Crippen LogP contribution in [0.25, 0.3) is 0 Å². The van der Waals surface area contributed by atoms with Gasteiger partial charge in [0, 0.05) is 18.3 Å². The molecule has 2 nitrogen and oxygen atoms in total. The minimum absolute atomic E-state index is 0.334. The van der Waals surface area contributed by atoms with Crippen molar-refractivity contribution in [1.82, 2.24) is 5.32 Å². The first-order valence-corrected chi connectivity index (χ1v) is 9.37. The second kappa shape index (κ2) is 7.20. The number of amidine groups is 1. The third-order valence-corrected chi connectivity index (χ3v) is 5.79. The van der Waals surface area contributed by atoms with E-state index in [4.69, 9.17) is 4.99 Å². The van der Waals surface area contributed by atoms with Crippen LogP contribution in [0.2, 0.25) is 0 Å². The fraction of sp³-hybridized carbons (Fsp3) is 0.941. The molecule has 0 bridgehead atoms. The Morgan fingerprint density at radius 3 is 2.75 bits per heavy atom. The maximum atomic E-state index is 4.83. The Balaban J connectivity index is 1.76. The number of aliphatic imine (C=N–C) groups is 1. The zero-order valence-electron chi connectivity index (χ0n) is 13.7. The summed E-state index contributed by atoms with van der Waals surface area (Å²) >= 11 is 1.91. The summed E-state index contributed by atoms with van der Waals surface area (Å²) < 4.78 is 0. The summed E-state index contributed by atoms with van der Waals surface area (Å²) in [5.74, 6) is 3.08. The zero-order valence-corrected chi connectivity index (χ0v) is 14.6.